The number of carbonyl (C=O) groups is 5. The molecule has 12 nitrogen and oxygen atoms in total. The van der Waals surface area contributed by atoms with Crippen molar-refractivity contribution in [3.8, 4) is 0 Å². The summed E-state index contributed by atoms with van der Waals surface area (Å²) in [6, 6.07) is -4.95. The number of hydrogen-bond acceptors (Lipinski definition) is 7. The minimum absolute atomic E-state index is 0.131. The number of hydrogen-bond donors (Lipinski definition) is 7. The van der Waals surface area contributed by atoms with E-state index in [1.54, 1.807) is 20.8 Å². The van der Waals surface area contributed by atoms with Crippen LogP contribution in [0, 0.1) is 11.8 Å². The van der Waals surface area contributed by atoms with E-state index in [1.807, 2.05) is 6.92 Å². The highest BCUT2D eigenvalue weighted by atomic mass is 16.4. The predicted octanol–water partition coefficient (Wildman–Crippen LogP) is -0.809. The molecule has 0 spiro atoms. The smallest absolute Gasteiger partial charge is 0.328 e. The predicted molar refractivity (Wildman–Crippen MR) is 119 cm³/mol. The van der Waals surface area contributed by atoms with Gasteiger partial charge >= 0.3 is 11.9 Å². The number of aliphatic hydroxyl groups is 1. The largest absolute Gasteiger partial charge is 0.481 e. The molecule has 0 aromatic rings. The van der Waals surface area contributed by atoms with Crippen molar-refractivity contribution in [2.75, 3.05) is 0 Å². The number of carboxylic acid groups (broad SMARTS) is 2. The van der Waals surface area contributed by atoms with E-state index in [-0.39, 0.29) is 18.3 Å². The third kappa shape index (κ3) is 10.2. The topological polar surface area (TPSA) is 208 Å². The summed E-state index contributed by atoms with van der Waals surface area (Å²) in [5.41, 5.74) is 5.95. The van der Waals surface area contributed by atoms with Gasteiger partial charge in [-0.25, -0.2) is 4.79 Å². The molecule has 0 aliphatic carbocycles. The van der Waals surface area contributed by atoms with Crippen molar-refractivity contribution in [2.24, 2.45) is 17.6 Å². The van der Waals surface area contributed by atoms with Gasteiger partial charge in [0.1, 0.15) is 12.1 Å². The van der Waals surface area contributed by atoms with Crippen molar-refractivity contribution in [1.82, 2.24) is 16.0 Å². The van der Waals surface area contributed by atoms with Gasteiger partial charge in [-0.1, -0.05) is 40.5 Å². The zero-order valence-corrected chi connectivity index (χ0v) is 19.8. The number of carbonyl (C=O) groups excluding carboxylic acids is 3. The number of amides is 3. The third-order valence-corrected chi connectivity index (χ3v) is 5.68. The SMILES string of the molecule is CCC(C)C(N)C(=O)NC(C(=O)NC(CCC(=O)O)C(=O)NC(C(=O)O)C(C)O)C(C)CC. The molecule has 0 rings (SSSR count). The van der Waals surface area contributed by atoms with Crippen LogP contribution in [0.1, 0.15) is 60.3 Å². The van der Waals surface area contributed by atoms with E-state index in [2.05, 4.69) is 16.0 Å². The summed E-state index contributed by atoms with van der Waals surface area (Å²) >= 11 is 0. The lowest BCUT2D eigenvalue weighted by Crippen LogP contribution is -2.59. The maximum Gasteiger partial charge on any atom is 0.328 e. The van der Waals surface area contributed by atoms with Crippen LogP contribution in [0.5, 0.6) is 0 Å². The highest BCUT2D eigenvalue weighted by Crippen LogP contribution is 2.12. The molecule has 33 heavy (non-hydrogen) atoms. The Morgan fingerprint density at radius 1 is 0.788 bits per heavy atom. The zero-order chi connectivity index (χ0) is 25.9. The Morgan fingerprint density at radius 2 is 1.30 bits per heavy atom. The van der Waals surface area contributed by atoms with Crippen LogP contribution in [-0.2, 0) is 24.0 Å². The molecule has 0 aromatic heterocycles. The van der Waals surface area contributed by atoms with E-state index in [4.69, 9.17) is 15.9 Å². The van der Waals surface area contributed by atoms with Crippen LogP contribution in [0.2, 0.25) is 0 Å². The fourth-order valence-corrected chi connectivity index (χ4v) is 2.90. The highest BCUT2D eigenvalue weighted by molar-refractivity contribution is 5.94. The summed E-state index contributed by atoms with van der Waals surface area (Å²) in [6.07, 6.45) is -1.08. The lowest BCUT2D eigenvalue weighted by Gasteiger charge is -2.29. The van der Waals surface area contributed by atoms with Gasteiger partial charge in [-0.15, -0.1) is 0 Å². The van der Waals surface area contributed by atoms with Crippen molar-refractivity contribution >= 4 is 29.7 Å². The second-order valence-electron chi connectivity index (χ2n) is 8.34. The number of aliphatic hydroxyl groups excluding tert-OH is 1. The number of rotatable bonds is 15. The normalized spacial score (nSPS) is 17.4. The Bertz CT molecular complexity index is 700. The fraction of sp³-hybridized carbons (Fsp3) is 0.762. The molecule has 190 valence electrons. The monoisotopic (exact) mass is 474 g/mol. The summed E-state index contributed by atoms with van der Waals surface area (Å²) in [5, 5.41) is 34.9. The maximum absolute atomic E-state index is 13.0. The van der Waals surface area contributed by atoms with Crippen LogP contribution < -0.4 is 21.7 Å². The van der Waals surface area contributed by atoms with Gasteiger partial charge in [-0.05, 0) is 25.2 Å². The van der Waals surface area contributed by atoms with E-state index in [1.165, 1.54) is 6.92 Å². The van der Waals surface area contributed by atoms with Gasteiger partial charge in [-0.3, -0.25) is 19.2 Å². The molecule has 0 fully saturated rings. The van der Waals surface area contributed by atoms with Gasteiger partial charge in [0.15, 0.2) is 6.04 Å². The molecule has 12 heteroatoms. The van der Waals surface area contributed by atoms with Crippen molar-refractivity contribution in [3.05, 3.63) is 0 Å². The van der Waals surface area contributed by atoms with E-state index in [0.717, 1.165) is 0 Å². The Labute approximate surface area is 193 Å². The second kappa shape index (κ2) is 14.4. The lowest BCUT2D eigenvalue weighted by molar-refractivity contribution is -0.145. The van der Waals surface area contributed by atoms with E-state index in [9.17, 15) is 29.1 Å². The quantitative estimate of drug-likeness (QED) is 0.158. The summed E-state index contributed by atoms with van der Waals surface area (Å²) in [5.74, 6) is -5.42. The molecule has 0 saturated carbocycles. The number of nitrogens with two attached hydrogens (primary N) is 1. The minimum Gasteiger partial charge on any atom is -0.481 e. The molecule has 0 saturated heterocycles. The van der Waals surface area contributed by atoms with Gasteiger partial charge in [0.2, 0.25) is 17.7 Å². The van der Waals surface area contributed by atoms with Crippen LogP contribution in [0.15, 0.2) is 0 Å². The average Bonchev–Trinajstić information content (AvgIpc) is 2.75. The number of aliphatic carboxylic acids is 2. The van der Waals surface area contributed by atoms with Gasteiger partial charge < -0.3 is 37.0 Å². The molecule has 0 radical (unpaired) electrons. The molecule has 0 aromatic carbocycles. The Morgan fingerprint density at radius 3 is 1.73 bits per heavy atom. The number of nitrogens with one attached hydrogen (secondary N) is 3. The molecule has 0 aliphatic rings. The van der Waals surface area contributed by atoms with Gasteiger partial charge in [0.05, 0.1) is 12.1 Å². The molecule has 7 unspecified atom stereocenters. The first-order valence-electron chi connectivity index (χ1n) is 11.1. The first kappa shape index (κ1) is 30.3. The summed E-state index contributed by atoms with van der Waals surface area (Å²) < 4.78 is 0. The van der Waals surface area contributed by atoms with Gasteiger partial charge in [-0.2, -0.15) is 0 Å². The highest BCUT2D eigenvalue weighted by Gasteiger charge is 2.34. The summed E-state index contributed by atoms with van der Waals surface area (Å²) in [4.78, 5) is 60.4. The minimum atomic E-state index is -1.65. The Balaban J connectivity index is 5.66. The molecule has 0 aliphatic heterocycles. The van der Waals surface area contributed by atoms with Crippen molar-refractivity contribution < 1.29 is 39.3 Å². The molecule has 3 amide bonds. The van der Waals surface area contributed by atoms with Crippen LogP contribution in [0.25, 0.3) is 0 Å². The second-order valence-corrected chi connectivity index (χ2v) is 8.34. The Hall–Kier alpha value is -2.73. The van der Waals surface area contributed by atoms with E-state index < -0.39 is 66.4 Å². The number of carboxylic acids is 2. The lowest BCUT2D eigenvalue weighted by atomic mass is 9.95. The zero-order valence-electron chi connectivity index (χ0n) is 19.8. The van der Waals surface area contributed by atoms with Crippen molar-refractivity contribution in [1.29, 1.82) is 0 Å². The maximum atomic E-state index is 13.0. The third-order valence-electron chi connectivity index (χ3n) is 5.68. The fourth-order valence-electron chi connectivity index (χ4n) is 2.90. The van der Waals surface area contributed by atoms with Gasteiger partial charge in [0.25, 0.3) is 0 Å². The Kier molecular flexibility index (Phi) is 13.2. The molecule has 0 heterocycles. The molecular formula is C21H38N4O8. The molecule has 7 atom stereocenters. The van der Waals surface area contributed by atoms with E-state index >= 15 is 0 Å². The standard InChI is InChI=1S/C21H38N4O8/c1-6-10(3)15(22)19(30)24-16(11(4)7-2)20(31)23-13(8-9-14(27)28)18(29)25-17(12(5)26)21(32)33/h10-13,15-17,26H,6-9,22H2,1-5H3,(H,23,31)(H,24,30)(H,25,29)(H,27,28)(H,32,33). The molecular weight excluding hydrogens is 436 g/mol. The first-order chi connectivity index (χ1) is 15.3. The summed E-state index contributed by atoms with van der Waals surface area (Å²) in [7, 11) is 0. The van der Waals surface area contributed by atoms with E-state index in [0.29, 0.717) is 12.8 Å². The van der Waals surface area contributed by atoms with Crippen LogP contribution >= 0.6 is 0 Å². The summed E-state index contributed by atoms with van der Waals surface area (Å²) in [6.45, 7) is 8.37. The van der Waals surface area contributed by atoms with Crippen LogP contribution in [0.4, 0.5) is 0 Å². The molecule has 0 bridgehead atoms. The molecule has 8 N–H and O–H groups in total. The first-order valence-corrected chi connectivity index (χ1v) is 11.1. The van der Waals surface area contributed by atoms with Crippen molar-refractivity contribution in [3.63, 3.8) is 0 Å². The average molecular weight is 475 g/mol. The van der Waals surface area contributed by atoms with Gasteiger partial charge in [0, 0.05) is 6.42 Å². The van der Waals surface area contributed by atoms with Crippen LogP contribution in [0.3, 0.4) is 0 Å². The van der Waals surface area contributed by atoms with Crippen molar-refractivity contribution in [2.45, 2.75) is 90.6 Å². The van der Waals surface area contributed by atoms with Crippen LogP contribution in [-0.4, -0.2) is 75.3 Å².